The SMILES string of the molecule is COc1cc(OCC(=O)N[C@@H](C)c2cc(C)c(C)cc2C)ccc1[N+](=O)[O-]. The summed E-state index contributed by atoms with van der Waals surface area (Å²) in [5, 5.41) is 13.8. The van der Waals surface area contributed by atoms with Gasteiger partial charge in [-0.1, -0.05) is 12.1 Å². The Balaban J connectivity index is 2.00. The van der Waals surface area contributed by atoms with Gasteiger partial charge in [-0.15, -0.1) is 0 Å². The Hall–Kier alpha value is -3.09. The number of nitrogens with zero attached hydrogens (tertiary/aromatic N) is 1. The number of aryl methyl sites for hydroxylation is 3. The number of hydrogen-bond donors (Lipinski definition) is 1. The van der Waals surface area contributed by atoms with Crippen molar-refractivity contribution in [1.82, 2.24) is 5.32 Å². The van der Waals surface area contributed by atoms with Gasteiger partial charge in [-0.3, -0.25) is 14.9 Å². The second-order valence-corrected chi connectivity index (χ2v) is 6.46. The van der Waals surface area contributed by atoms with Crippen LogP contribution < -0.4 is 14.8 Å². The van der Waals surface area contributed by atoms with E-state index < -0.39 is 4.92 Å². The fraction of sp³-hybridized carbons (Fsp3) is 0.350. The first kappa shape index (κ1) is 20.2. The predicted octanol–water partition coefficient (Wildman–Crippen LogP) is 3.78. The number of carbonyl (C=O) groups is 1. The van der Waals surface area contributed by atoms with Crippen LogP contribution in [0.4, 0.5) is 5.69 Å². The maximum absolute atomic E-state index is 12.2. The minimum absolute atomic E-state index is 0.0806. The number of carbonyl (C=O) groups excluding carboxylic acids is 1. The van der Waals surface area contributed by atoms with Crippen LogP contribution in [0.5, 0.6) is 11.5 Å². The van der Waals surface area contributed by atoms with Gasteiger partial charge < -0.3 is 14.8 Å². The molecule has 0 heterocycles. The number of nitrogens with one attached hydrogen (secondary N) is 1. The zero-order chi connectivity index (χ0) is 20.1. The Kier molecular flexibility index (Phi) is 6.39. The summed E-state index contributed by atoms with van der Waals surface area (Å²) in [6.07, 6.45) is 0. The maximum atomic E-state index is 12.2. The molecule has 2 aromatic rings. The summed E-state index contributed by atoms with van der Waals surface area (Å²) >= 11 is 0. The van der Waals surface area contributed by atoms with Gasteiger partial charge >= 0.3 is 5.69 Å². The summed E-state index contributed by atoms with van der Waals surface area (Å²) < 4.78 is 10.4. The van der Waals surface area contributed by atoms with Gasteiger partial charge in [-0.25, -0.2) is 0 Å². The molecule has 0 aliphatic carbocycles. The first-order chi connectivity index (χ1) is 12.7. The molecule has 0 aromatic heterocycles. The van der Waals surface area contributed by atoms with Gasteiger partial charge in [0.2, 0.25) is 5.75 Å². The van der Waals surface area contributed by atoms with Gasteiger partial charge in [0.1, 0.15) is 5.75 Å². The van der Waals surface area contributed by atoms with E-state index in [0.29, 0.717) is 5.75 Å². The molecule has 1 amide bonds. The van der Waals surface area contributed by atoms with Gasteiger partial charge in [0, 0.05) is 12.1 Å². The van der Waals surface area contributed by atoms with E-state index in [-0.39, 0.29) is 30.0 Å². The molecule has 144 valence electrons. The predicted molar refractivity (Wildman–Crippen MR) is 102 cm³/mol. The summed E-state index contributed by atoms with van der Waals surface area (Å²) in [5.74, 6) is 0.122. The molecule has 0 aliphatic heterocycles. The number of nitro groups is 1. The Morgan fingerprint density at radius 1 is 1.15 bits per heavy atom. The molecule has 27 heavy (non-hydrogen) atoms. The molecular weight excluding hydrogens is 348 g/mol. The molecule has 0 radical (unpaired) electrons. The van der Waals surface area contributed by atoms with Crippen LogP contribution in [-0.2, 0) is 4.79 Å². The molecule has 2 aromatic carbocycles. The van der Waals surface area contributed by atoms with Crippen LogP contribution in [0.3, 0.4) is 0 Å². The van der Waals surface area contributed by atoms with Crippen LogP contribution >= 0.6 is 0 Å². The van der Waals surface area contributed by atoms with Crippen molar-refractivity contribution in [3.8, 4) is 11.5 Å². The molecular formula is C20H24N2O5. The molecule has 1 atom stereocenters. The third-order valence-corrected chi connectivity index (χ3v) is 4.44. The minimum Gasteiger partial charge on any atom is -0.490 e. The lowest BCUT2D eigenvalue weighted by molar-refractivity contribution is -0.385. The van der Waals surface area contributed by atoms with Crippen molar-refractivity contribution in [2.45, 2.75) is 33.7 Å². The summed E-state index contributed by atoms with van der Waals surface area (Å²) in [6.45, 7) is 7.84. The van der Waals surface area contributed by atoms with Crippen LogP contribution in [0.15, 0.2) is 30.3 Å². The van der Waals surface area contributed by atoms with Crippen molar-refractivity contribution < 1.29 is 19.2 Å². The van der Waals surface area contributed by atoms with E-state index >= 15 is 0 Å². The van der Waals surface area contributed by atoms with E-state index in [2.05, 4.69) is 24.4 Å². The van der Waals surface area contributed by atoms with E-state index in [4.69, 9.17) is 9.47 Å². The highest BCUT2D eigenvalue weighted by Gasteiger charge is 2.17. The summed E-state index contributed by atoms with van der Waals surface area (Å²) in [7, 11) is 1.34. The number of benzene rings is 2. The Morgan fingerprint density at radius 2 is 1.81 bits per heavy atom. The molecule has 0 aliphatic rings. The highest BCUT2D eigenvalue weighted by molar-refractivity contribution is 5.78. The second kappa shape index (κ2) is 8.53. The lowest BCUT2D eigenvalue weighted by atomic mass is 9.96. The lowest BCUT2D eigenvalue weighted by Crippen LogP contribution is -2.31. The fourth-order valence-electron chi connectivity index (χ4n) is 2.86. The first-order valence-electron chi connectivity index (χ1n) is 8.55. The number of nitro benzene ring substituents is 1. The Bertz CT molecular complexity index is 864. The maximum Gasteiger partial charge on any atom is 0.311 e. The lowest BCUT2D eigenvalue weighted by Gasteiger charge is -2.18. The van der Waals surface area contributed by atoms with Gasteiger partial charge in [0.25, 0.3) is 5.91 Å². The molecule has 0 spiro atoms. The minimum atomic E-state index is -0.539. The second-order valence-electron chi connectivity index (χ2n) is 6.46. The van der Waals surface area contributed by atoms with E-state index in [1.54, 1.807) is 0 Å². The molecule has 0 saturated heterocycles. The zero-order valence-corrected chi connectivity index (χ0v) is 16.2. The Morgan fingerprint density at radius 3 is 2.44 bits per heavy atom. The van der Waals surface area contributed by atoms with Gasteiger partial charge in [-0.2, -0.15) is 0 Å². The summed E-state index contributed by atoms with van der Waals surface area (Å²) in [5.41, 5.74) is 4.40. The van der Waals surface area contributed by atoms with E-state index in [1.807, 2.05) is 20.8 Å². The molecule has 2 rings (SSSR count). The van der Waals surface area contributed by atoms with Crippen molar-refractivity contribution in [1.29, 1.82) is 0 Å². The average molecular weight is 372 g/mol. The summed E-state index contributed by atoms with van der Waals surface area (Å²) in [6, 6.07) is 8.14. The number of amides is 1. The zero-order valence-electron chi connectivity index (χ0n) is 16.2. The molecule has 7 nitrogen and oxygen atoms in total. The molecule has 0 saturated carbocycles. The highest BCUT2D eigenvalue weighted by atomic mass is 16.6. The third kappa shape index (κ3) is 4.97. The monoisotopic (exact) mass is 372 g/mol. The quantitative estimate of drug-likeness (QED) is 0.590. The van der Waals surface area contributed by atoms with Crippen molar-refractivity contribution in [3.63, 3.8) is 0 Å². The largest absolute Gasteiger partial charge is 0.490 e. The van der Waals surface area contributed by atoms with Gasteiger partial charge in [0.05, 0.1) is 18.1 Å². The molecule has 0 bridgehead atoms. The van der Waals surface area contributed by atoms with Crippen LogP contribution in [0, 0.1) is 30.9 Å². The fourth-order valence-corrected chi connectivity index (χ4v) is 2.86. The standard InChI is InChI=1S/C20H24N2O5/c1-12-8-14(3)17(9-13(12)2)15(4)21-20(23)11-27-16-6-7-18(22(24)25)19(10-16)26-5/h6-10,15H,11H2,1-5H3,(H,21,23)/t15-/m0/s1. The van der Waals surface area contributed by atoms with Crippen LogP contribution in [-0.4, -0.2) is 24.5 Å². The number of rotatable bonds is 7. The Labute approximate surface area is 158 Å². The van der Waals surface area contributed by atoms with Crippen molar-refractivity contribution in [2.75, 3.05) is 13.7 Å². The van der Waals surface area contributed by atoms with E-state index in [0.717, 1.165) is 11.1 Å². The van der Waals surface area contributed by atoms with Crippen LogP contribution in [0.25, 0.3) is 0 Å². The first-order valence-corrected chi connectivity index (χ1v) is 8.55. The van der Waals surface area contributed by atoms with Gasteiger partial charge in [0.15, 0.2) is 6.61 Å². The third-order valence-electron chi connectivity index (χ3n) is 4.44. The molecule has 0 unspecified atom stereocenters. The average Bonchev–Trinajstić information content (AvgIpc) is 2.62. The molecule has 0 fully saturated rings. The smallest absolute Gasteiger partial charge is 0.311 e. The van der Waals surface area contributed by atoms with Crippen molar-refractivity contribution in [2.24, 2.45) is 0 Å². The van der Waals surface area contributed by atoms with Crippen LogP contribution in [0.2, 0.25) is 0 Å². The van der Waals surface area contributed by atoms with Crippen molar-refractivity contribution in [3.05, 3.63) is 62.7 Å². The van der Waals surface area contributed by atoms with Gasteiger partial charge in [-0.05, 0) is 56.0 Å². The number of hydrogen-bond acceptors (Lipinski definition) is 5. The molecule has 1 N–H and O–H groups in total. The normalized spacial score (nSPS) is 11.6. The summed E-state index contributed by atoms with van der Waals surface area (Å²) in [4.78, 5) is 22.6. The number of ether oxygens (including phenoxy) is 2. The van der Waals surface area contributed by atoms with E-state index in [1.165, 1.54) is 36.4 Å². The molecule has 7 heteroatoms. The topological polar surface area (TPSA) is 90.7 Å². The van der Waals surface area contributed by atoms with Crippen LogP contribution in [0.1, 0.15) is 35.2 Å². The number of methoxy groups -OCH3 is 1. The highest BCUT2D eigenvalue weighted by Crippen LogP contribution is 2.30. The van der Waals surface area contributed by atoms with Crippen molar-refractivity contribution >= 4 is 11.6 Å². The van der Waals surface area contributed by atoms with E-state index in [9.17, 15) is 14.9 Å².